The number of carbonyl (C=O) groups is 3. The van der Waals surface area contributed by atoms with Gasteiger partial charge in [-0.15, -0.1) is 0 Å². The maximum absolute atomic E-state index is 12.2. The van der Waals surface area contributed by atoms with E-state index in [9.17, 15) is 14.4 Å². The summed E-state index contributed by atoms with van der Waals surface area (Å²) in [7, 11) is 1.42. The Kier molecular flexibility index (Phi) is 7.00. The summed E-state index contributed by atoms with van der Waals surface area (Å²) in [6.07, 6.45) is 0. The maximum atomic E-state index is 12.2. The molecule has 28 heavy (non-hydrogen) atoms. The number of carbonyl (C=O) groups excluding carboxylic acids is 3. The highest BCUT2D eigenvalue weighted by Gasteiger charge is 2.32. The lowest BCUT2D eigenvalue weighted by Gasteiger charge is -2.24. The van der Waals surface area contributed by atoms with E-state index in [1.54, 1.807) is 42.5 Å². The minimum Gasteiger partial charge on any atom is -0.496 e. The van der Waals surface area contributed by atoms with Crippen LogP contribution in [0.3, 0.4) is 0 Å². The molecule has 0 saturated carbocycles. The molecule has 8 heteroatoms. The Morgan fingerprint density at radius 2 is 1.68 bits per heavy atom. The molecule has 2 amide bonds. The lowest BCUT2D eigenvalue weighted by molar-refractivity contribution is -0.161. The second-order valence-corrected chi connectivity index (χ2v) is 6.66. The molecule has 0 spiro atoms. The van der Waals surface area contributed by atoms with Gasteiger partial charge in [0.05, 0.1) is 12.7 Å². The molecule has 2 aromatic rings. The van der Waals surface area contributed by atoms with Crippen molar-refractivity contribution in [3.63, 3.8) is 0 Å². The molecule has 148 valence electrons. The molecule has 0 atom stereocenters. The monoisotopic (exact) mass is 405 g/mol. The quantitative estimate of drug-likeness (QED) is 0.712. The first-order valence-corrected chi connectivity index (χ1v) is 8.70. The van der Waals surface area contributed by atoms with Crippen LogP contribution in [0.2, 0.25) is 5.02 Å². The van der Waals surface area contributed by atoms with E-state index in [0.717, 1.165) is 0 Å². The van der Waals surface area contributed by atoms with E-state index < -0.39 is 30.0 Å². The summed E-state index contributed by atoms with van der Waals surface area (Å²) >= 11 is 5.81. The summed E-state index contributed by atoms with van der Waals surface area (Å²) in [5.74, 6) is -1.45. The van der Waals surface area contributed by atoms with E-state index in [0.29, 0.717) is 16.5 Å². The third-order valence-corrected chi connectivity index (χ3v) is 3.87. The highest BCUT2D eigenvalue weighted by molar-refractivity contribution is 6.30. The molecule has 0 radical (unpaired) electrons. The number of rotatable bonds is 7. The van der Waals surface area contributed by atoms with Crippen LogP contribution in [0.5, 0.6) is 11.5 Å². The highest BCUT2D eigenvalue weighted by atomic mass is 35.5. The Labute approximate surface area is 167 Å². The molecule has 0 heterocycles. The highest BCUT2D eigenvalue weighted by Crippen LogP contribution is 2.22. The van der Waals surface area contributed by atoms with Crippen LogP contribution < -0.4 is 14.8 Å². The molecule has 0 aliphatic rings. The number of methoxy groups -OCH3 is 1. The maximum Gasteiger partial charge on any atom is 0.350 e. The van der Waals surface area contributed by atoms with Gasteiger partial charge in [0.15, 0.2) is 12.2 Å². The second-order valence-electron chi connectivity index (χ2n) is 6.22. The Morgan fingerprint density at radius 1 is 1.04 bits per heavy atom. The molecule has 0 aliphatic carbocycles. The summed E-state index contributed by atoms with van der Waals surface area (Å²) in [6.45, 7) is 2.37. The van der Waals surface area contributed by atoms with Crippen LogP contribution in [0.1, 0.15) is 24.2 Å². The van der Waals surface area contributed by atoms with Crippen molar-refractivity contribution in [1.82, 2.24) is 5.32 Å². The predicted octanol–water partition coefficient (Wildman–Crippen LogP) is 3.01. The number of para-hydroxylation sites is 1. The van der Waals surface area contributed by atoms with E-state index in [1.807, 2.05) is 0 Å². The van der Waals surface area contributed by atoms with E-state index >= 15 is 0 Å². The lowest BCUT2D eigenvalue weighted by Crippen LogP contribution is -2.42. The first-order chi connectivity index (χ1) is 13.2. The van der Waals surface area contributed by atoms with Gasteiger partial charge in [0, 0.05) is 5.02 Å². The number of benzene rings is 2. The van der Waals surface area contributed by atoms with Crippen molar-refractivity contribution in [3.05, 3.63) is 59.1 Å². The Bertz CT molecular complexity index is 863. The first-order valence-electron chi connectivity index (χ1n) is 8.32. The zero-order valence-electron chi connectivity index (χ0n) is 15.7. The van der Waals surface area contributed by atoms with Gasteiger partial charge in [-0.3, -0.25) is 14.9 Å². The van der Waals surface area contributed by atoms with Crippen LogP contribution >= 0.6 is 11.6 Å². The number of esters is 1. The fraction of sp³-hybridized carbons (Fsp3) is 0.250. The van der Waals surface area contributed by atoms with Crippen molar-refractivity contribution in [2.45, 2.75) is 19.4 Å². The average molecular weight is 406 g/mol. The number of amides is 2. The fourth-order valence-electron chi connectivity index (χ4n) is 2.21. The normalized spacial score (nSPS) is 10.7. The molecule has 0 fully saturated rings. The van der Waals surface area contributed by atoms with Crippen molar-refractivity contribution < 1.29 is 28.6 Å². The largest absolute Gasteiger partial charge is 0.496 e. The van der Waals surface area contributed by atoms with Crippen LogP contribution in [-0.2, 0) is 14.3 Å². The Hall–Kier alpha value is -3.06. The van der Waals surface area contributed by atoms with E-state index in [-0.39, 0.29) is 5.56 Å². The summed E-state index contributed by atoms with van der Waals surface area (Å²) < 4.78 is 15.6. The third-order valence-electron chi connectivity index (χ3n) is 3.62. The molecule has 0 bridgehead atoms. The van der Waals surface area contributed by atoms with Crippen LogP contribution in [0.4, 0.5) is 0 Å². The van der Waals surface area contributed by atoms with Crippen molar-refractivity contribution >= 4 is 29.4 Å². The smallest absolute Gasteiger partial charge is 0.350 e. The fourth-order valence-corrected chi connectivity index (χ4v) is 2.33. The van der Waals surface area contributed by atoms with Gasteiger partial charge >= 0.3 is 5.97 Å². The molecule has 0 saturated heterocycles. The number of nitrogens with one attached hydrogen (secondary N) is 1. The number of hydrogen-bond acceptors (Lipinski definition) is 6. The van der Waals surface area contributed by atoms with E-state index in [1.165, 1.54) is 27.0 Å². The zero-order valence-corrected chi connectivity index (χ0v) is 16.4. The second kappa shape index (κ2) is 9.23. The van der Waals surface area contributed by atoms with Crippen LogP contribution in [-0.4, -0.2) is 37.1 Å². The third kappa shape index (κ3) is 5.72. The average Bonchev–Trinajstić information content (AvgIpc) is 2.67. The molecule has 0 unspecified atom stereocenters. The molecule has 7 nitrogen and oxygen atoms in total. The summed E-state index contributed by atoms with van der Waals surface area (Å²) in [6, 6.07) is 12.9. The molecule has 1 N–H and O–H groups in total. The molecule has 2 aromatic carbocycles. The van der Waals surface area contributed by atoms with Crippen LogP contribution in [0.25, 0.3) is 0 Å². The summed E-state index contributed by atoms with van der Waals surface area (Å²) in [4.78, 5) is 36.3. The van der Waals surface area contributed by atoms with Gasteiger partial charge < -0.3 is 14.2 Å². The van der Waals surface area contributed by atoms with Gasteiger partial charge in [-0.2, -0.15) is 0 Å². The van der Waals surface area contributed by atoms with Crippen LogP contribution in [0.15, 0.2) is 48.5 Å². The molecule has 0 aliphatic heterocycles. The minimum absolute atomic E-state index is 0.191. The Morgan fingerprint density at radius 3 is 2.32 bits per heavy atom. The number of imide groups is 1. The predicted molar refractivity (Wildman–Crippen MR) is 103 cm³/mol. The van der Waals surface area contributed by atoms with Gasteiger partial charge in [-0.25, -0.2) is 4.79 Å². The van der Waals surface area contributed by atoms with Crippen LogP contribution in [0, 0.1) is 0 Å². The van der Waals surface area contributed by atoms with Crippen molar-refractivity contribution in [2.75, 3.05) is 13.7 Å². The van der Waals surface area contributed by atoms with Gasteiger partial charge in [0.25, 0.3) is 11.8 Å². The van der Waals surface area contributed by atoms with E-state index in [2.05, 4.69) is 5.32 Å². The summed E-state index contributed by atoms with van der Waals surface area (Å²) in [5, 5.41) is 2.67. The number of hydrogen-bond donors (Lipinski definition) is 1. The minimum atomic E-state index is -1.35. The number of halogens is 1. The SMILES string of the molecule is COc1ccccc1C(=O)NC(=O)COC(=O)C(C)(C)Oc1ccc(Cl)cc1. The van der Waals surface area contributed by atoms with Crippen molar-refractivity contribution in [3.8, 4) is 11.5 Å². The van der Waals surface area contributed by atoms with E-state index in [4.69, 9.17) is 25.8 Å². The van der Waals surface area contributed by atoms with Crippen molar-refractivity contribution in [1.29, 1.82) is 0 Å². The standard InChI is InChI=1S/C20H20ClNO6/c1-20(2,28-14-10-8-13(21)9-11-14)19(25)27-12-17(23)22-18(24)15-6-4-5-7-16(15)26-3/h4-11H,12H2,1-3H3,(H,22,23,24). The summed E-state index contributed by atoms with van der Waals surface area (Å²) in [5.41, 5.74) is -1.16. The lowest BCUT2D eigenvalue weighted by atomic mass is 10.1. The zero-order chi connectivity index (χ0) is 20.7. The van der Waals surface area contributed by atoms with Gasteiger partial charge in [-0.1, -0.05) is 23.7 Å². The molecule has 0 aromatic heterocycles. The molecule has 2 rings (SSSR count). The molecular formula is C20H20ClNO6. The first kappa shape index (κ1) is 21.2. The van der Waals surface area contributed by atoms with Crippen molar-refractivity contribution in [2.24, 2.45) is 0 Å². The topological polar surface area (TPSA) is 90.9 Å². The van der Waals surface area contributed by atoms with Gasteiger partial charge in [0.1, 0.15) is 11.5 Å². The Balaban J connectivity index is 1.89. The number of ether oxygens (including phenoxy) is 3. The van der Waals surface area contributed by atoms with Gasteiger partial charge in [-0.05, 0) is 50.2 Å². The molecular weight excluding hydrogens is 386 g/mol. The van der Waals surface area contributed by atoms with Gasteiger partial charge in [0.2, 0.25) is 0 Å².